The van der Waals surface area contributed by atoms with Crippen LogP contribution < -0.4 is 10.1 Å². The van der Waals surface area contributed by atoms with E-state index in [1.54, 1.807) is 53.7 Å². The molecule has 1 rings (SSSR count). The van der Waals surface area contributed by atoms with E-state index in [0.29, 0.717) is 25.4 Å². The van der Waals surface area contributed by atoms with E-state index < -0.39 is 15.4 Å². The average molecular weight is 356 g/mol. The smallest absolute Gasteiger partial charge is 0.246 e. The summed E-state index contributed by atoms with van der Waals surface area (Å²) >= 11 is 0. The Balaban J connectivity index is 3.35. The molecule has 1 N–H and O–H groups in total. The zero-order valence-electron chi connectivity index (χ0n) is 15.3. The number of rotatable bonds is 7. The maximum absolute atomic E-state index is 12.9. The van der Waals surface area contributed by atoms with Gasteiger partial charge in [-0.1, -0.05) is 34.6 Å². The highest BCUT2D eigenvalue weighted by molar-refractivity contribution is 7.89. The van der Waals surface area contributed by atoms with Crippen molar-refractivity contribution in [3.63, 3.8) is 0 Å². The molecule has 0 heterocycles. The molecule has 0 fully saturated rings. The lowest BCUT2D eigenvalue weighted by Gasteiger charge is -2.22. The molecule has 0 bridgehead atoms. The third-order valence-electron chi connectivity index (χ3n) is 3.51. The summed E-state index contributed by atoms with van der Waals surface area (Å²) in [6.45, 7) is 11.8. The van der Waals surface area contributed by atoms with E-state index >= 15 is 0 Å². The van der Waals surface area contributed by atoms with Crippen LogP contribution in [0.3, 0.4) is 0 Å². The lowest BCUT2D eigenvalue weighted by Crippen LogP contribution is -2.31. The van der Waals surface area contributed by atoms with E-state index in [1.165, 1.54) is 10.4 Å². The van der Waals surface area contributed by atoms with Crippen molar-refractivity contribution in [3.05, 3.63) is 18.2 Å². The van der Waals surface area contributed by atoms with Gasteiger partial charge in [0, 0.05) is 24.2 Å². The highest BCUT2D eigenvalue weighted by atomic mass is 32.2. The quantitative estimate of drug-likeness (QED) is 0.814. The molecule has 0 saturated heterocycles. The molecule has 6 nitrogen and oxygen atoms in total. The molecule has 136 valence electrons. The number of carbonyl (C=O) groups excluding carboxylic acids is 1. The maximum atomic E-state index is 12.9. The topological polar surface area (TPSA) is 75.7 Å². The Morgan fingerprint density at radius 1 is 1.17 bits per heavy atom. The summed E-state index contributed by atoms with van der Waals surface area (Å²) in [6.07, 6.45) is 0. The van der Waals surface area contributed by atoms with Gasteiger partial charge < -0.3 is 10.1 Å². The number of nitrogens with zero attached hydrogens (tertiary/aromatic N) is 1. The molecule has 24 heavy (non-hydrogen) atoms. The molecular formula is C17H28N2O4S. The van der Waals surface area contributed by atoms with Gasteiger partial charge in [0.2, 0.25) is 15.9 Å². The van der Waals surface area contributed by atoms with Gasteiger partial charge in [-0.25, -0.2) is 8.42 Å². The highest BCUT2D eigenvalue weighted by Gasteiger charge is 2.27. The summed E-state index contributed by atoms with van der Waals surface area (Å²) in [4.78, 5) is 12.2. The first-order valence-electron chi connectivity index (χ1n) is 8.16. The van der Waals surface area contributed by atoms with Gasteiger partial charge in [-0.3, -0.25) is 4.79 Å². The van der Waals surface area contributed by atoms with Gasteiger partial charge in [0.1, 0.15) is 10.6 Å². The van der Waals surface area contributed by atoms with Gasteiger partial charge in [-0.15, -0.1) is 0 Å². The molecule has 0 atom stereocenters. The van der Waals surface area contributed by atoms with E-state index in [0.717, 1.165) is 0 Å². The Morgan fingerprint density at radius 2 is 1.75 bits per heavy atom. The van der Waals surface area contributed by atoms with E-state index in [2.05, 4.69) is 5.32 Å². The van der Waals surface area contributed by atoms with E-state index in [1.807, 2.05) is 0 Å². The Labute approximate surface area is 145 Å². The lowest BCUT2D eigenvalue weighted by atomic mass is 9.95. The molecule has 0 aliphatic rings. The van der Waals surface area contributed by atoms with Crippen LogP contribution in [0.15, 0.2) is 23.1 Å². The van der Waals surface area contributed by atoms with Crippen molar-refractivity contribution in [2.75, 3.05) is 25.0 Å². The largest absolute Gasteiger partial charge is 0.492 e. The van der Waals surface area contributed by atoms with Crippen molar-refractivity contribution in [2.24, 2.45) is 5.41 Å². The third-order valence-corrected chi connectivity index (χ3v) is 5.58. The van der Waals surface area contributed by atoms with Crippen LogP contribution in [0, 0.1) is 5.41 Å². The number of sulfonamides is 1. The Bertz CT molecular complexity index is 674. The first-order chi connectivity index (χ1) is 11.1. The van der Waals surface area contributed by atoms with Gasteiger partial charge in [0.05, 0.1) is 6.61 Å². The molecule has 0 aliphatic heterocycles. The SMILES string of the molecule is CCOc1ccc(NC(=O)C(C)(C)C)cc1S(=O)(=O)N(CC)CC. The van der Waals surface area contributed by atoms with Crippen LogP contribution in [0.25, 0.3) is 0 Å². The van der Waals surface area contributed by atoms with Crippen molar-refractivity contribution < 1.29 is 17.9 Å². The number of anilines is 1. The summed E-state index contributed by atoms with van der Waals surface area (Å²) in [7, 11) is -3.69. The fourth-order valence-corrected chi connectivity index (χ4v) is 3.70. The zero-order valence-corrected chi connectivity index (χ0v) is 16.2. The van der Waals surface area contributed by atoms with Gasteiger partial charge >= 0.3 is 0 Å². The molecule has 0 spiro atoms. The Kier molecular flexibility index (Phi) is 6.80. The highest BCUT2D eigenvalue weighted by Crippen LogP contribution is 2.30. The van der Waals surface area contributed by atoms with Gasteiger partial charge in [0.25, 0.3) is 0 Å². The number of carbonyl (C=O) groups is 1. The van der Waals surface area contributed by atoms with Gasteiger partial charge in [-0.2, -0.15) is 4.31 Å². The second kappa shape index (κ2) is 7.98. The molecule has 0 aromatic heterocycles. The minimum absolute atomic E-state index is 0.0692. The molecular weight excluding hydrogens is 328 g/mol. The van der Waals surface area contributed by atoms with Crippen LogP contribution >= 0.6 is 0 Å². The van der Waals surface area contributed by atoms with Crippen LogP contribution in [-0.4, -0.2) is 38.3 Å². The number of nitrogens with one attached hydrogen (secondary N) is 1. The molecule has 0 saturated carbocycles. The van der Waals surface area contributed by atoms with Crippen LogP contribution in [0.5, 0.6) is 5.75 Å². The van der Waals surface area contributed by atoms with Crippen molar-refractivity contribution in [3.8, 4) is 5.75 Å². The van der Waals surface area contributed by atoms with Gasteiger partial charge in [0.15, 0.2) is 0 Å². The van der Waals surface area contributed by atoms with Crippen molar-refractivity contribution in [1.82, 2.24) is 4.31 Å². The van der Waals surface area contributed by atoms with E-state index in [-0.39, 0.29) is 16.6 Å². The molecule has 0 radical (unpaired) electrons. The van der Waals surface area contributed by atoms with Crippen molar-refractivity contribution >= 4 is 21.6 Å². The van der Waals surface area contributed by atoms with Crippen LogP contribution in [0.4, 0.5) is 5.69 Å². The lowest BCUT2D eigenvalue weighted by molar-refractivity contribution is -0.123. The summed E-state index contributed by atoms with van der Waals surface area (Å²) < 4.78 is 32.5. The number of benzene rings is 1. The fourth-order valence-electron chi connectivity index (χ4n) is 2.08. The molecule has 1 aromatic carbocycles. The Morgan fingerprint density at radius 3 is 2.21 bits per heavy atom. The number of hydrogen-bond donors (Lipinski definition) is 1. The second-order valence-electron chi connectivity index (χ2n) is 6.39. The van der Waals surface area contributed by atoms with Gasteiger partial charge in [-0.05, 0) is 25.1 Å². The minimum atomic E-state index is -3.69. The minimum Gasteiger partial charge on any atom is -0.492 e. The molecule has 1 aromatic rings. The van der Waals surface area contributed by atoms with Crippen LogP contribution in [0.2, 0.25) is 0 Å². The summed E-state index contributed by atoms with van der Waals surface area (Å²) in [5, 5.41) is 2.76. The van der Waals surface area contributed by atoms with Crippen LogP contribution in [-0.2, 0) is 14.8 Å². The maximum Gasteiger partial charge on any atom is 0.246 e. The average Bonchev–Trinajstić information content (AvgIpc) is 2.48. The van der Waals surface area contributed by atoms with E-state index in [4.69, 9.17) is 4.74 Å². The standard InChI is InChI=1S/C17H28N2O4S/c1-7-19(8-2)24(21,22)15-12-13(10-11-14(15)23-9-3)18-16(20)17(4,5)6/h10-12H,7-9H2,1-6H3,(H,18,20). The molecule has 0 unspecified atom stereocenters. The zero-order chi connectivity index (χ0) is 18.5. The monoisotopic (exact) mass is 356 g/mol. The summed E-state index contributed by atoms with van der Waals surface area (Å²) in [5.41, 5.74) is -0.139. The summed E-state index contributed by atoms with van der Waals surface area (Å²) in [5.74, 6) is 0.107. The molecule has 7 heteroatoms. The Hall–Kier alpha value is -1.60. The second-order valence-corrected chi connectivity index (χ2v) is 8.29. The predicted molar refractivity (Wildman–Crippen MR) is 95.8 cm³/mol. The first-order valence-corrected chi connectivity index (χ1v) is 9.60. The fraction of sp³-hybridized carbons (Fsp3) is 0.588. The number of ether oxygens (including phenoxy) is 1. The third kappa shape index (κ3) is 4.70. The summed E-state index contributed by atoms with van der Waals surface area (Å²) in [6, 6.07) is 4.69. The van der Waals surface area contributed by atoms with E-state index in [9.17, 15) is 13.2 Å². The van der Waals surface area contributed by atoms with Crippen molar-refractivity contribution in [1.29, 1.82) is 0 Å². The normalized spacial score (nSPS) is 12.3. The van der Waals surface area contributed by atoms with Crippen molar-refractivity contribution in [2.45, 2.75) is 46.4 Å². The first kappa shape index (κ1) is 20.4. The van der Waals surface area contributed by atoms with Crippen LogP contribution in [0.1, 0.15) is 41.5 Å². The number of amides is 1. The predicted octanol–water partition coefficient (Wildman–Crippen LogP) is 3.10. The molecule has 1 amide bonds. The molecule has 0 aliphatic carbocycles. The number of hydrogen-bond acceptors (Lipinski definition) is 4.